The molecule has 3 aromatic rings. The summed E-state index contributed by atoms with van der Waals surface area (Å²) in [6, 6.07) is 12.3. The molecule has 2 atom stereocenters. The lowest BCUT2D eigenvalue weighted by atomic mass is 9.94. The van der Waals surface area contributed by atoms with E-state index in [0.717, 1.165) is 22.2 Å². The molecular formula is C25H31N3O4S2. The number of amides is 1. The second-order valence-corrected chi connectivity index (χ2v) is 12.2. The van der Waals surface area contributed by atoms with Crippen LogP contribution in [0, 0.1) is 18.8 Å². The Morgan fingerprint density at radius 1 is 1.12 bits per heavy atom. The Kier molecular flexibility index (Phi) is 7.37. The van der Waals surface area contributed by atoms with E-state index >= 15 is 0 Å². The van der Waals surface area contributed by atoms with E-state index in [2.05, 4.69) is 24.9 Å². The van der Waals surface area contributed by atoms with E-state index in [-0.39, 0.29) is 4.90 Å². The maximum Gasteiger partial charge on any atom is 0.279 e. The summed E-state index contributed by atoms with van der Waals surface area (Å²) < 4.78 is 36.1. The van der Waals surface area contributed by atoms with Crippen molar-refractivity contribution in [2.24, 2.45) is 16.8 Å². The van der Waals surface area contributed by atoms with Gasteiger partial charge in [-0.2, -0.15) is 9.30 Å². The molecular weight excluding hydrogens is 470 g/mol. The van der Waals surface area contributed by atoms with Gasteiger partial charge >= 0.3 is 0 Å². The zero-order chi connectivity index (χ0) is 24.5. The van der Waals surface area contributed by atoms with Crippen LogP contribution in [0.2, 0.25) is 0 Å². The predicted molar refractivity (Wildman–Crippen MR) is 134 cm³/mol. The van der Waals surface area contributed by atoms with Crippen LogP contribution in [-0.4, -0.2) is 50.0 Å². The van der Waals surface area contributed by atoms with E-state index in [9.17, 15) is 13.2 Å². The zero-order valence-electron chi connectivity index (χ0n) is 20.0. The summed E-state index contributed by atoms with van der Waals surface area (Å²) in [6.07, 6.45) is 1.03. The van der Waals surface area contributed by atoms with E-state index < -0.39 is 15.9 Å². The molecule has 0 aliphatic carbocycles. The van der Waals surface area contributed by atoms with Gasteiger partial charge in [0.25, 0.3) is 5.91 Å². The summed E-state index contributed by atoms with van der Waals surface area (Å²) in [5.41, 5.74) is 2.50. The summed E-state index contributed by atoms with van der Waals surface area (Å²) in [4.78, 5) is 18.1. The molecule has 34 heavy (non-hydrogen) atoms. The van der Waals surface area contributed by atoms with Crippen LogP contribution < -0.4 is 4.80 Å². The lowest BCUT2D eigenvalue weighted by Gasteiger charge is -2.34. The molecule has 0 spiro atoms. The minimum absolute atomic E-state index is 0.206. The fourth-order valence-corrected chi connectivity index (χ4v) is 7.37. The van der Waals surface area contributed by atoms with Gasteiger partial charge in [-0.3, -0.25) is 4.79 Å². The van der Waals surface area contributed by atoms with Crippen LogP contribution in [0.5, 0.6) is 0 Å². The number of hydrogen-bond acceptors (Lipinski definition) is 5. The molecule has 1 aliphatic rings. The molecule has 1 fully saturated rings. The van der Waals surface area contributed by atoms with Gasteiger partial charge in [0.2, 0.25) is 10.0 Å². The number of sulfonamides is 1. The SMILES string of the molecule is COCCn1c(=NC(=O)c2ccc(S(=O)(=O)N3CC(C)CC(C)C3)cc2)sc2cc(C)ccc21. The van der Waals surface area contributed by atoms with Crippen molar-refractivity contribution in [1.29, 1.82) is 0 Å². The first-order valence-corrected chi connectivity index (χ1v) is 13.7. The van der Waals surface area contributed by atoms with Crippen molar-refractivity contribution < 1.29 is 17.9 Å². The average molecular weight is 502 g/mol. The second kappa shape index (κ2) is 10.1. The topological polar surface area (TPSA) is 81.0 Å². The minimum Gasteiger partial charge on any atom is -0.383 e. The highest BCUT2D eigenvalue weighted by molar-refractivity contribution is 7.89. The summed E-state index contributed by atoms with van der Waals surface area (Å²) in [6.45, 7) is 8.31. The highest BCUT2D eigenvalue weighted by Gasteiger charge is 2.31. The van der Waals surface area contributed by atoms with Crippen molar-refractivity contribution in [2.45, 2.75) is 38.6 Å². The number of carbonyl (C=O) groups is 1. The number of aryl methyl sites for hydroxylation is 1. The van der Waals surface area contributed by atoms with E-state index in [1.807, 2.05) is 23.6 Å². The van der Waals surface area contributed by atoms with Gasteiger partial charge in [-0.25, -0.2) is 8.42 Å². The highest BCUT2D eigenvalue weighted by Crippen LogP contribution is 2.27. The van der Waals surface area contributed by atoms with Crippen LogP contribution in [0.4, 0.5) is 0 Å². The number of thiazole rings is 1. The second-order valence-electron chi connectivity index (χ2n) is 9.21. The van der Waals surface area contributed by atoms with Gasteiger partial charge in [-0.1, -0.05) is 31.3 Å². The van der Waals surface area contributed by atoms with E-state index in [4.69, 9.17) is 4.74 Å². The van der Waals surface area contributed by atoms with Crippen molar-refractivity contribution in [1.82, 2.24) is 8.87 Å². The van der Waals surface area contributed by atoms with Gasteiger partial charge in [0.15, 0.2) is 4.80 Å². The number of hydrogen-bond donors (Lipinski definition) is 0. The Labute approximate surface area is 204 Å². The number of fused-ring (bicyclic) bond motifs is 1. The summed E-state index contributed by atoms with van der Waals surface area (Å²) in [5.74, 6) is 0.250. The lowest BCUT2D eigenvalue weighted by molar-refractivity contribution is 0.0997. The molecule has 2 aromatic carbocycles. The standard InChI is InChI=1S/C25H31N3O4S2/c1-17-5-10-22-23(14-17)33-25(28(22)11-12-32-4)26-24(29)20-6-8-21(9-7-20)34(30,31)27-15-18(2)13-19(3)16-27/h5-10,14,18-19H,11-13,15-16H2,1-4H3. The molecule has 0 bridgehead atoms. The zero-order valence-corrected chi connectivity index (χ0v) is 21.7. The molecule has 0 radical (unpaired) electrons. The Morgan fingerprint density at radius 3 is 2.44 bits per heavy atom. The molecule has 0 saturated carbocycles. The average Bonchev–Trinajstić information content (AvgIpc) is 3.12. The Hall–Kier alpha value is -2.33. The Morgan fingerprint density at radius 2 is 1.79 bits per heavy atom. The van der Waals surface area contributed by atoms with Crippen LogP contribution in [0.1, 0.15) is 36.2 Å². The smallest absolute Gasteiger partial charge is 0.279 e. The lowest BCUT2D eigenvalue weighted by Crippen LogP contribution is -2.42. The molecule has 1 amide bonds. The van der Waals surface area contributed by atoms with Crippen LogP contribution in [0.15, 0.2) is 52.4 Å². The van der Waals surface area contributed by atoms with Crippen molar-refractivity contribution >= 4 is 37.5 Å². The third-order valence-electron chi connectivity index (χ3n) is 6.13. The summed E-state index contributed by atoms with van der Waals surface area (Å²) in [7, 11) is -1.95. The van der Waals surface area contributed by atoms with Crippen molar-refractivity contribution in [3.05, 3.63) is 58.4 Å². The number of methoxy groups -OCH3 is 1. The normalized spacial score (nSPS) is 20.2. The van der Waals surface area contributed by atoms with Crippen molar-refractivity contribution in [3.63, 3.8) is 0 Å². The Balaban J connectivity index is 1.63. The molecule has 2 unspecified atom stereocenters. The van der Waals surface area contributed by atoms with Gasteiger partial charge < -0.3 is 9.30 Å². The van der Waals surface area contributed by atoms with Crippen LogP contribution in [-0.2, 0) is 21.3 Å². The van der Waals surface area contributed by atoms with Crippen LogP contribution in [0.3, 0.4) is 0 Å². The van der Waals surface area contributed by atoms with Crippen molar-refractivity contribution in [2.75, 3.05) is 26.8 Å². The van der Waals surface area contributed by atoms with Gasteiger partial charge in [-0.05, 0) is 67.1 Å². The quantitative estimate of drug-likeness (QED) is 0.510. The molecule has 1 aromatic heterocycles. The fraction of sp³-hybridized carbons (Fsp3) is 0.440. The first kappa shape index (κ1) is 24.8. The number of aromatic nitrogens is 1. The monoisotopic (exact) mass is 501 g/mol. The minimum atomic E-state index is -3.59. The molecule has 182 valence electrons. The van der Waals surface area contributed by atoms with Gasteiger partial charge in [-0.15, -0.1) is 0 Å². The molecule has 1 saturated heterocycles. The first-order valence-electron chi connectivity index (χ1n) is 11.5. The Bertz CT molecular complexity index is 1350. The number of piperidine rings is 1. The van der Waals surface area contributed by atoms with Crippen LogP contribution >= 0.6 is 11.3 Å². The number of carbonyl (C=O) groups excluding carboxylic acids is 1. The van der Waals surface area contributed by atoms with E-state index in [1.165, 1.54) is 23.5 Å². The molecule has 1 aliphatic heterocycles. The fourth-order valence-electron chi connectivity index (χ4n) is 4.54. The summed E-state index contributed by atoms with van der Waals surface area (Å²) >= 11 is 1.46. The molecule has 9 heteroatoms. The van der Waals surface area contributed by atoms with Gasteiger partial charge in [0.05, 0.1) is 21.7 Å². The maximum atomic E-state index is 13.1. The summed E-state index contributed by atoms with van der Waals surface area (Å²) in [5, 5.41) is 0. The molecule has 0 N–H and O–H groups in total. The van der Waals surface area contributed by atoms with Crippen LogP contribution in [0.25, 0.3) is 10.2 Å². The predicted octanol–water partition coefficient (Wildman–Crippen LogP) is 4.07. The van der Waals surface area contributed by atoms with Crippen molar-refractivity contribution in [3.8, 4) is 0 Å². The largest absolute Gasteiger partial charge is 0.383 e. The maximum absolute atomic E-state index is 13.1. The molecule has 2 heterocycles. The van der Waals surface area contributed by atoms with E-state index in [0.29, 0.717) is 48.4 Å². The first-order chi connectivity index (χ1) is 16.2. The van der Waals surface area contributed by atoms with Gasteiger partial charge in [0.1, 0.15) is 0 Å². The number of nitrogens with zero attached hydrogens (tertiary/aromatic N) is 3. The van der Waals surface area contributed by atoms with E-state index in [1.54, 1.807) is 23.5 Å². The third kappa shape index (κ3) is 5.17. The molecule has 4 rings (SSSR count). The number of ether oxygens (including phenoxy) is 1. The number of benzene rings is 2. The van der Waals surface area contributed by atoms with Gasteiger partial charge in [0, 0.05) is 32.3 Å². The highest BCUT2D eigenvalue weighted by atomic mass is 32.2. The molecule has 7 nitrogen and oxygen atoms in total. The third-order valence-corrected chi connectivity index (χ3v) is 9.02. The number of rotatable bonds is 6.